The van der Waals surface area contributed by atoms with Gasteiger partial charge in [0.2, 0.25) is 10.0 Å². The van der Waals surface area contributed by atoms with E-state index in [0.29, 0.717) is 20.4 Å². The summed E-state index contributed by atoms with van der Waals surface area (Å²) in [5, 5.41) is 2.61. The van der Waals surface area contributed by atoms with Gasteiger partial charge in [0.05, 0.1) is 18.0 Å². The predicted octanol–water partition coefficient (Wildman–Crippen LogP) is 5.13. The van der Waals surface area contributed by atoms with Crippen LogP contribution in [0.5, 0.6) is 5.75 Å². The number of hydrogen-bond donors (Lipinski definition) is 2. The molecule has 2 aromatic rings. The number of ether oxygens (including phenoxy) is 3. The standard InChI is InChI=1S/C24H29Br2N3O7S/c1-24(2,3)36-23(31)29-13-17(28-37(32,33)21-11-15(25)5-10-20(21)26)12-18(29)14-35-22(30)27-16-6-8-19(34-4)9-7-16/h5-11,17-18,28H,12-14H2,1-4H3,(H,27,30)/t17-,18-/m1/s1. The molecule has 0 unspecified atom stereocenters. The van der Waals surface area contributed by atoms with E-state index in [9.17, 15) is 18.0 Å². The fourth-order valence-corrected chi connectivity index (χ4v) is 6.41. The van der Waals surface area contributed by atoms with Crippen LogP contribution in [0.1, 0.15) is 27.2 Å². The number of methoxy groups -OCH3 is 1. The molecule has 1 saturated heterocycles. The number of benzene rings is 2. The minimum Gasteiger partial charge on any atom is -0.497 e. The van der Waals surface area contributed by atoms with Crippen LogP contribution in [0.2, 0.25) is 0 Å². The molecule has 2 amide bonds. The number of sulfonamides is 1. The van der Waals surface area contributed by atoms with E-state index in [1.807, 2.05) is 0 Å². The number of likely N-dealkylation sites (tertiary alicyclic amines) is 1. The molecule has 2 atom stereocenters. The van der Waals surface area contributed by atoms with Crippen LogP contribution in [0.25, 0.3) is 0 Å². The van der Waals surface area contributed by atoms with Gasteiger partial charge in [-0.05, 0) is 85.6 Å². The average molecular weight is 663 g/mol. The number of anilines is 1. The minimum absolute atomic E-state index is 0.0495. The smallest absolute Gasteiger partial charge is 0.411 e. The Morgan fingerprint density at radius 2 is 1.78 bits per heavy atom. The van der Waals surface area contributed by atoms with Gasteiger partial charge in [0, 0.05) is 27.2 Å². The van der Waals surface area contributed by atoms with Crippen LogP contribution in [0.15, 0.2) is 56.3 Å². The Labute approximate surface area is 233 Å². The van der Waals surface area contributed by atoms with Gasteiger partial charge in [-0.25, -0.2) is 22.7 Å². The van der Waals surface area contributed by atoms with Crippen molar-refractivity contribution < 1.29 is 32.2 Å². The molecule has 0 radical (unpaired) electrons. The van der Waals surface area contributed by atoms with Gasteiger partial charge in [0.1, 0.15) is 18.0 Å². The quantitative estimate of drug-likeness (QED) is 0.422. The maximum Gasteiger partial charge on any atom is 0.411 e. The molecule has 13 heteroatoms. The first-order valence-electron chi connectivity index (χ1n) is 11.3. The molecule has 3 rings (SSSR count). The molecule has 202 valence electrons. The summed E-state index contributed by atoms with van der Waals surface area (Å²) < 4.78 is 45.8. The Bertz CT molecular complexity index is 1230. The second-order valence-corrected chi connectivity index (χ2v) is 12.8. The van der Waals surface area contributed by atoms with Crippen molar-refractivity contribution in [3.8, 4) is 5.75 Å². The number of nitrogens with one attached hydrogen (secondary N) is 2. The maximum atomic E-state index is 13.1. The van der Waals surface area contributed by atoms with Crippen molar-refractivity contribution in [2.45, 2.75) is 49.8 Å². The first-order valence-corrected chi connectivity index (χ1v) is 14.4. The zero-order valence-electron chi connectivity index (χ0n) is 20.8. The van der Waals surface area contributed by atoms with E-state index in [0.717, 1.165) is 0 Å². The van der Waals surface area contributed by atoms with Crippen molar-refractivity contribution in [3.05, 3.63) is 51.4 Å². The van der Waals surface area contributed by atoms with E-state index in [1.54, 1.807) is 64.3 Å². The molecular formula is C24H29Br2N3O7S. The molecule has 1 heterocycles. The second kappa shape index (κ2) is 12.0. The summed E-state index contributed by atoms with van der Waals surface area (Å²) in [5.41, 5.74) is -0.251. The molecule has 0 spiro atoms. The summed E-state index contributed by atoms with van der Waals surface area (Å²) in [6.07, 6.45) is -1.11. The SMILES string of the molecule is COc1ccc(NC(=O)OC[C@H]2C[C@@H](NS(=O)(=O)c3cc(Br)ccc3Br)CN2C(=O)OC(C)(C)C)cc1. The van der Waals surface area contributed by atoms with E-state index in [2.05, 4.69) is 41.9 Å². The Hall–Kier alpha value is -2.35. The highest BCUT2D eigenvalue weighted by atomic mass is 79.9. The van der Waals surface area contributed by atoms with E-state index < -0.39 is 39.9 Å². The molecule has 1 fully saturated rings. The number of carbonyl (C=O) groups excluding carboxylic acids is 2. The van der Waals surface area contributed by atoms with Crippen LogP contribution in [0.4, 0.5) is 15.3 Å². The molecule has 10 nitrogen and oxygen atoms in total. The fraction of sp³-hybridized carbons (Fsp3) is 0.417. The zero-order valence-corrected chi connectivity index (χ0v) is 24.8. The van der Waals surface area contributed by atoms with Crippen molar-refractivity contribution in [1.82, 2.24) is 9.62 Å². The molecule has 0 saturated carbocycles. The lowest BCUT2D eigenvalue weighted by atomic mass is 10.2. The summed E-state index contributed by atoms with van der Waals surface area (Å²) in [5.74, 6) is 0.640. The van der Waals surface area contributed by atoms with Gasteiger partial charge < -0.3 is 19.1 Å². The van der Waals surface area contributed by atoms with Crippen LogP contribution in [-0.2, 0) is 19.5 Å². The average Bonchev–Trinajstić information content (AvgIpc) is 3.20. The number of amides is 2. The van der Waals surface area contributed by atoms with Crippen LogP contribution in [0.3, 0.4) is 0 Å². The second-order valence-electron chi connectivity index (χ2n) is 9.37. The summed E-state index contributed by atoms with van der Waals surface area (Å²) in [6.45, 7) is 5.10. The van der Waals surface area contributed by atoms with Crippen LogP contribution < -0.4 is 14.8 Å². The molecular weight excluding hydrogens is 634 g/mol. The van der Waals surface area contributed by atoms with Crippen molar-refractivity contribution in [1.29, 1.82) is 0 Å². The highest BCUT2D eigenvalue weighted by Gasteiger charge is 2.40. The lowest BCUT2D eigenvalue weighted by molar-refractivity contribution is 0.0163. The Kier molecular flexibility index (Phi) is 9.48. The van der Waals surface area contributed by atoms with Gasteiger partial charge in [-0.15, -0.1) is 0 Å². The molecule has 1 aliphatic rings. The highest BCUT2D eigenvalue weighted by Crippen LogP contribution is 2.28. The first-order chi connectivity index (χ1) is 17.3. The molecule has 0 aliphatic carbocycles. The number of rotatable bonds is 7. The van der Waals surface area contributed by atoms with Crippen molar-refractivity contribution in [2.24, 2.45) is 0 Å². The summed E-state index contributed by atoms with van der Waals surface area (Å²) in [4.78, 5) is 26.7. The number of carbonyl (C=O) groups is 2. The van der Waals surface area contributed by atoms with Crippen LogP contribution in [-0.4, -0.2) is 63.5 Å². The normalized spacial score (nSPS) is 17.8. The summed E-state index contributed by atoms with van der Waals surface area (Å²) in [6, 6.07) is 10.3. The Morgan fingerprint density at radius 1 is 1.11 bits per heavy atom. The van der Waals surface area contributed by atoms with Crippen LogP contribution >= 0.6 is 31.9 Å². The third kappa shape index (κ3) is 8.32. The van der Waals surface area contributed by atoms with Gasteiger partial charge in [-0.3, -0.25) is 5.32 Å². The zero-order chi connectivity index (χ0) is 27.4. The third-order valence-electron chi connectivity index (χ3n) is 5.29. The highest BCUT2D eigenvalue weighted by molar-refractivity contribution is 9.11. The van der Waals surface area contributed by atoms with Crippen LogP contribution in [0, 0.1) is 0 Å². The van der Waals surface area contributed by atoms with Gasteiger partial charge in [-0.1, -0.05) is 15.9 Å². The molecule has 2 N–H and O–H groups in total. The summed E-state index contributed by atoms with van der Waals surface area (Å²) >= 11 is 6.56. The van der Waals surface area contributed by atoms with E-state index in [-0.39, 0.29) is 24.5 Å². The van der Waals surface area contributed by atoms with Crippen molar-refractivity contribution in [3.63, 3.8) is 0 Å². The lowest BCUT2D eigenvalue weighted by Crippen LogP contribution is -2.43. The first kappa shape index (κ1) is 29.2. The minimum atomic E-state index is -3.92. The van der Waals surface area contributed by atoms with E-state index >= 15 is 0 Å². The molecule has 2 aromatic carbocycles. The van der Waals surface area contributed by atoms with Crippen molar-refractivity contribution >= 4 is 59.8 Å². The molecule has 37 heavy (non-hydrogen) atoms. The lowest BCUT2D eigenvalue weighted by Gasteiger charge is -2.28. The van der Waals surface area contributed by atoms with Gasteiger partial charge >= 0.3 is 12.2 Å². The predicted molar refractivity (Wildman–Crippen MR) is 145 cm³/mol. The monoisotopic (exact) mass is 661 g/mol. The molecule has 1 aliphatic heterocycles. The number of nitrogens with zero attached hydrogens (tertiary/aromatic N) is 1. The topological polar surface area (TPSA) is 123 Å². The maximum absolute atomic E-state index is 13.1. The van der Waals surface area contributed by atoms with Gasteiger partial charge in [0.15, 0.2) is 0 Å². The Balaban J connectivity index is 1.70. The number of hydrogen-bond acceptors (Lipinski definition) is 7. The largest absolute Gasteiger partial charge is 0.497 e. The molecule has 0 aromatic heterocycles. The van der Waals surface area contributed by atoms with Gasteiger partial charge in [-0.2, -0.15) is 0 Å². The van der Waals surface area contributed by atoms with Crippen molar-refractivity contribution in [2.75, 3.05) is 25.6 Å². The Morgan fingerprint density at radius 3 is 2.41 bits per heavy atom. The summed E-state index contributed by atoms with van der Waals surface area (Å²) in [7, 11) is -2.38. The van der Waals surface area contributed by atoms with E-state index in [4.69, 9.17) is 14.2 Å². The number of halogens is 2. The molecule has 0 bridgehead atoms. The van der Waals surface area contributed by atoms with E-state index in [1.165, 1.54) is 11.0 Å². The fourth-order valence-electron chi connectivity index (χ4n) is 3.67. The van der Waals surface area contributed by atoms with Gasteiger partial charge in [0.25, 0.3) is 0 Å². The third-order valence-corrected chi connectivity index (χ3v) is 8.30.